The van der Waals surface area contributed by atoms with E-state index in [0.717, 1.165) is 31.7 Å². The van der Waals surface area contributed by atoms with Gasteiger partial charge in [0, 0.05) is 18.7 Å². The van der Waals surface area contributed by atoms with E-state index in [9.17, 15) is 4.79 Å². The van der Waals surface area contributed by atoms with E-state index < -0.39 is 0 Å². The van der Waals surface area contributed by atoms with Gasteiger partial charge in [-0.25, -0.2) is 0 Å². The molecule has 19 heavy (non-hydrogen) atoms. The predicted molar refractivity (Wildman–Crippen MR) is 75.6 cm³/mol. The number of nitrogens with zero attached hydrogens (tertiary/aromatic N) is 2. The van der Waals surface area contributed by atoms with Gasteiger partial charge in [0.1, 0.15) is 5.75 Å². The molecule has 0 aliphatic carbocycles. The molecule has 1 aromatic rings. The fraction of sp³-hybridized carbons (Fsp3) is 0.533. The molecule has 4 heteroatoms. The fourth-order valence-electron chi connectivity index (χ4n) is 2.51. The maximum atomic E-state index is 12.5. The van der Waals surface area contributed by atoms with E-state index in [-0.39, 0.29) is 5.91 Å². The average molecular weight is 262 g/mol. The topological polar surface area (TPSA) is 32.8 Å². The molecule has 1 saturated heterocycles. The molecule has 1 heterocycles. The minimum atomic E-state index is 0.0773. The number of hydrogen-bond donors (Lipinski definition) is 0. The summed E-state index contributed by atoms with van der Waals surface area (Å²) in [6.45, 7) is 2.11. The molecule has 1 aliphatic heterocycles. The van der Waals surface area contributed by atoms with Crippen LogP contribution in [0, 0.1) is 0 Å². The first-order valence-electron chi connectivity index (χ1n) is 6.71. The molecule has 1 amide bonds. The lowest BCUT2D eigenvalue weighted by molar-refractivity contribution is 0.0659. The van der Waals surface area contributed by atoms with Gasteiger partial charge in [-0.15, -0.1) is 0 Å². The molecule has 1 aliphatic rings. The fourth-order valence-corrected chi connectivity index (χ4v) is 2.51. The summed E-state index contributed by atoms with van der Waals surface area (Å²) in [5.74, 6) is 0.802. The van der Waals surface area contributed by atoms with Gasteiger partial charge in [0.2, 0.25) is 0 Å². The maximum absolute atomic E-state index is 12.5. The van der Waals surface area contributed by atoms with Gasteiger partial charge in [0.25, 0.3) is 5.91 Å². The van der Waals surface area contributed by atoms with Crippen LogP contribution < -0.4 is 4.74 Å². The summed E-state index contributed by atoms with van der Waals surface area (Å²) in [5.41, 5.74) is 0.695. The lowest BCUT2D eigenvalue weighted by Gasteiger charge is -2.35. The lowest BCUT2D eigenvalue weighted by Crippen LogP contribution is -2.44. The SMILES string of the molecule is COc1cccc(C(=O)N(C)C2CCN(C)CC2)c1. The van der Waals surface area contributed by atoms with Crippen LogP contribution in [0.5, 0.6) is 5.75 Å². The highest BCUT2D eigenvalue weighted by atomic mass is 16.5. The smallest absolute Gasteiger partial charge is 0.253 e. The molecule has 1 fully saturated rings. The van der Waals surface area contributed by atoms with Crippen molar-refractivity contribution in [1.82, 2.24) is 9.80 Å². The first-order valence-corrected chi connectivity index (χ1v) is 6.71. The molecule has 0 N–H and O–H groups in total. The summed E-state index contributed by atoms with van der Waals surface area (Å²) in [7, 11) is 5.64. The third-order valence-electron chi connectivity index (χ3n) is 3.87. The number of ether oxygens (including phenoxy) is 1. The summed E-state index contributed by atoms with van der Waals surface area (Å²) in [6, 6.07) is 7.69. The van der Waals surface area contributed by atoms with Gasteiger partial charge in [-0.3, -0.25) is 4.79 Å². The Morgan fingerprint density at radius 1 is 1.37 bits per heavy atom. The van der Waals surface area contributed by atoms with E-state index >= 15 is 0 Å². The number of carbonyl (C=O) groups excluding carboxylic acids is 1. The van der Waals surface area contributed by atoms with Gasteiger partial charge >= 0.3 is 0 Å². The van der Waals surface area contributed by atoms with Crippen LogP contribution in [0.1, 0.15) is 23.2 Å². The van der Waals surface area contributed by atoms with Crippen molar-refractivity contribution in [2.75, 3.05) is 34.3 Å². The Morgan fingerprint density at radius 3 is 2.68 bits per heavy atom. The zero-order valence-corrected chi connectivity index (χ0v) is 11.9. The van der Waals surface area contributed by atoms with E-state index in [4.69, 9.17) is 4.74 Å². The van der Waals surface area contributed by atoms with E-state index in [1.54, 1.807) is 13.2 Å². The van der Waals surface area contributed by atoms with Gasteiger partial charge in [0.15, 0.2) is 0 Å². The molecule has 4 nitrogen and oxygen atoms in total. The molecule has 0 bridgehead atoms. The Labute approximate surface area is 115 Å². The van der Waals surface area contributed by atoms with Crippen molar-refractivity contribution in [2.24, 2.45) is 0 Å². The van der Waals surface area contributed by atoms with Crippen molar-refractivity contribution in [3.05, 3.63) is 29.8 Å². The van der Waals surface area contributed by atoms with Gasteiger partial charge in [-0.2, -0.15) is 0 Å². The van der Waals surface area contributed by atoms with Crippen LogP contribution >= 0.6 is 0 Å². The van der Waals surface area contributed by atoms with Crippen LogP contribution in [0.2, 0.25) is 0 Å². The Hall–Kier alpha value is -1.55. The minimum Gasteiger partial charge on any atom is -0.497 e. The van der Waals surface area contributed by atoms with Crippen molar-refractivity contribution >= 4 is 5.91 Å². The van der Waals surface area contributed by atoms with Crippen LogP contribution in [0.3, 0.4) is 0 Å². The zero-order valence-electron chi connectivity index (χ0n) is 11.9. The minimum absolute atomic E-state index is 0.0773. The summed E-state index contributed by atoms with van der Waals surface area (Å²) in [5, 5.41) is 0. The number of likely N-dealkylation sites (tertiary alicyclic amines) is 1. The van der Waals surface area contributed by atoms with Crippen LogP contribution in [0.4, 0.5) is 0 Å². The maximum Gasteiger partial charge on any atom is 0.253 e. The quantitative estimate of drug-likeness (QED) is 0.833. The summed E-state index contributed by atoms with van der Waals surface area (Å²) < 4.78 is 5.17. The van der Waals surface area contributed by atoms with Crippen LogP contribution in [-0.2, 0) is 0 Å². The summed E-state index contributed by atoms with van der Waals surface area (Å²) in [4.78, 5) is 16.6. The van der Waals surface area contributed by atoms with E-state index in [1.807, 2.05) is 30.1 Å². The normalized spacial score (nSPS) is 17.2. The molecule has 0 unspecified atom stereocenters. The van der Waals surface area contributed by atoms with Crippen molar-refractivity contribution in [3.8, 4) is 5.75 Å². The van der Waals surface area contributed by atoms with E-state index in [1.165, 1.54) is 0 Å². The van der Waals surface area contributed by atoms with Gasteiger partial charge in [-0.05, 0) is 51.2 Å². The van der Waals surface area contributed by atoms with Gasteiger partial charge in [0.05, 0.1) is 7.11 Å². The summed E-state index contributed by atoms with van der Waals surface area (Å²) in [6.07, 6.45) is 2.09. The molecule has 1 aromatic carbocycles. The van der Waals surface area contributed by atoms with Crippen molar-refractivity contribution in [2.45, 2.75) is 18.9 Å². The van der Waals surface area contributed by atoms with Gasteiger partial charge < -0.3 is 14.5 Å². The number of hydrogen-bond acceptors (Lipinski definition) is 3. The Morgan fingerprint density at radius 2 is 2.05 bits per heavy atom. The number of amides is 1. The second kappa shape index (κ2) is 6.06. The number of methoxy groups -OCH3 is 1. The molecular weight excluding hydrogens is 240 g/mol. The standard InChI is InChI=1S/C15H22N2O2/c1-16-9-7-13(8-10-16)17(2)15(18)12-5-4-6-14(11-12)19-3/h4-6,11,13H,7-10H2,1-3H3. The number of carbonyl (C=O) groups is 1. The highest BCUT2D eigenvalue weighted by Crippen LogP contribution is 2.19. The average Bonchev–Trinajstić information content (AvgIpc) is 2.46. The number of benzene rings is 1. The highest BCUT2D eigenvalue weighted by molar-refractivity contribution is 5.94. The van der Waals surface area contributed by atoms with Crippen molar-refractivity contribution in [1.29, 1.82) is 0 Å². The Bertz CT molecular complexity index is 440. The second-order valence-corrected chi connectivity index (χ2v) is 5.18. The Balaban J connectivity index is 2.05. The van der Waals surface area contributed by atoms with E-state index in [0.29, 0.717) is 11.6 Å². The second-order valence-electron chi connectivity index (χ2n) is 5.18. The predicted octanol–water partition coefficient (Wildman–Crippen LogP) is 1.86. The monoisotopic (exact) mass is 262 g/mol. The molecule has 0 radical (unpaired) electrons. The van der Waals surface area contributed by atoms with Crippen molar-refractivity contribution < 1.29 is 9.53 Å². The number of rotatable bonds is 3. The third kappa shape index (κ3) is 3.26. The molecule has 0 atom stereocenters. The zero-order chi connectivity index (χ0) is 13.8. The molecule has 0 spiro atoms. The highest BCUT2D eigenvalue weighted by Gasteiger charge is 2.24. The molecular formula is C15H22N2O2. The molecule has 2 rings (SSSR count). The Kier molecular flexibility index (Phi) is 4.43. The van der Waals surface area contributed by atoms with Crippen LogP contribution in [0.25, 0.3) is 0 Å². The van der Waals surface area contributed by atoms with Crippen LogP contribution in [0.15, 0.2) is 24.3 Å². The van der Waals surface area contributed by atoms with Crippen LogP contribution in [-0.4, -0.2) is 56.0 Å². The summed E-state index contributed by atoms with van der Waals surface area (Å²) >= 11 is 0. The van der Waals surface area contributed by atoms with E-state index in [2.05, 4.69) is 11.9 Å². The largest absolute Gasteiger partial charge is 0.497 e. The molecule has 0 saturated carbocycles. The first-order chi connectivity index (χ1) is 9.11. The molecule has 0 aromatic heterocycles. The van der Waals surface area contributed by atoms with Gasteiger partial charge in [-0.1, -0.05) is 6.07 Å². The van der Waals surface area contributed by atoms with Crippen molar-refractivity contribution in [3.63, 3.8) is 0 Å². The third-order valence-corrected chi connectivity index (χ3v) is 3.87. The lowest BCUT2D eigenvalue weighted by atomic mass is 10.0. The number of piperidine rings is 1. The first kappa shape index (κ1) is 13.9. The molecule has 104 valence electrons.